The van der Waals surface area contributed by atoms with Crippen molar-refractivity contribution in [3.63, 3.8) is 0 Å². The molecular formula is C9H23P. The summed E-state index contributed by atoms with van der Waals surface area (Å²) in [5.41, 5.74) is 0. The molecule has 0 aromatic carbocycles. The minimum absolute atomic E-state index is 0. The molecule has 0 aliphatic carbocycles. The summed E-state index contributed by atoms with van der Waals surface area (Å²) in [6, 6.07) is 0. The van der Waals surface area contributed by atoms with Gasteiger partial charge in [-0.2, -0.15) is 0 Å². The fourth-order valence-electron chi connectivity index (χ4n) is 1.16. The maximum absolute atomic E-state index is 1.53. The zero-order chi connectivity index (χ0) is 5.66. The summed E-state index contributed by atoms with van der Waals surface area (Å²) < 4.78 is 0. The summed E-state index contributed by atoms with van der Waals surface area (Å²) in [5, 5.41) is 0. The third-order valence-electron chi connectivity index (χ3n) is 1.71. The van der Waals surface area contributed by atoms with Gasteiger partial charge in [0.1, 0.15) is 0 Å². The Bertz CT molecular complexity index is 28.7. The minimum atomic E-state index is 0. The number of hydrogen-bond donors (Lipinski definition) is 0. The highest BCUT2D eigenvalue weighted by molar-refractivity contribution is 7.37. The van der Waals surface area contributed by atoms with Gasteiger partial charge in [-0.3, -0.25) is 0 Å². The van der Waals surface area contributed by atoms with Crippen LogP contribution < -0.4 is 0 Å². The van der Waals surface area contributed by atoms with Gasteiger partial charge in [0, 0.05) is 0 Å². The first-order valence-corrected chi connectivity index (χ1v) is 5.12. The van der Waals surface area contributed by atoms with E-state index in [0.29, 0.717) is 0 Å². The molecule has 1 rings (SSSR count). The Kier molecular flexibility index (Phi) is 12.3. The molecule has 1 aliphatic heterocycles. The Morgan fingerprint density at radius 1 is 0.600 bits per heavy atom. The van der Waals surface area contributed by atoms with Crippen molar-refractivity contribution in [2.24, 2.45) is 0 Å². The Balaban J connectivity index is 0. The fraction of sp³-hybridized carbons (Fsp3) is 1.00. The van der Waals surface area contributed by atoms with Crippen molar-refractivity contribution in [3.8, 4) is 0 Å². The molecule has 1 fully saturated rings. The summed E-state index contributed by atoms with van der Waals surface area (Å²) >= 11 is 0. The molecule has 64 valence electrons. The first kappa shape index (κ1) is 13.1. The van der Waals surface area contributed by atoms with Gasteiger partial charge in [-0.25, -0.2) is 0 Å². The van der Waals surface area contributed by atoms with Crippen molar-refractivity contribution in [3.05, 3.63) is 0 Å². The zero-order valence-electron chi connectivity index (χ0n) is 5.45. The lowest BCUT2D eigenvalue weighted by atomic mass is 10.2. The number of rotatable bonds is 0. The molecule has 0 amide bonds. The van der Waals surface area contributed by atoms with E-state index < -0.39 is 0 Å². The van der Waals surface area contributed by atoms with Crippen LogP contribution in [-0.2, 0) is 0 Å². The lowest BCUT2D eigenvalue weighted by molar-refractivity contribution is 0.651. The summed E-state index contributed by atoms with van der Waals surface area (Å²) in [6.45, 7) is 0. The van der Waals surface area contributed by atoms with Gasteiger partial charge in [0.2, 0.25) is 0 Å². The smallest absolute Gasteiger partial charge is 0.0353 e. The molecule has 0 bridgehead atoms. The van der Waals surface area contributed by atoms with E-state index in [1.807, 2.05) is 0 Å². The second kappa shape index (κ2) is 9.43. The molecule has 1 heterocycles. The van der Waals surface area contributed by atoms with Gasteiger partial charge >= 0.3 is 0 Å². The predicted octanol–water partition coefficient (Wildman–Crippen LogP) is 3.90. The Morgan fingerprint density at radius 3 is 1.50 bits per heavy atom. The van der Waals surface area contributed by atoms with Gasteiger partial charge in [0.05, 0.1) is 0 Å². The maximum Gasteiger partial charge on any atom is -0.0353 e. The molecule has 0 nitrogen and oxygen atoms in total. The molecule has 1 saturated heterocycles. The van der Waals surface area contributed by atoms with E-state index in [1.54, 1.807) is 0 Å². The van der Waals surface area contributed by atoms with Crippen molar-refractivity contribution in [2.75, 3.05) is 12.3 Å². The topological polar surface area (TPSA) is 0 Å². The normalized spacial score (nSPS) is 19.2. The van der Waals surface area contributed by atoms with Crippen LogP contribution in [0.3, 0.4) is 0 Å². The van der Waals surface area contributed by atoms with Gasteiger partial charge in [0.15, 0.2) is 0 Å². The SMILES string of the molecule is C.C.C1CCCPCCC1. The van der Waals surface area contributed by atoms with Crippen molar-refractivity contribution in [2.45, 2.75) is 47.0 Å². The summed E-state index contributed by atoms with van der Waals surface area (Å²) in [7, 11) is 1.29. The van der Waals surface area contributed by atoms with Gasteiger partial charge < -0.3 is 0 Å². The van der Waals surface area contributed by atoms with Crippen LogP contribution in [0.1, 0.15) is 47.0 Å². The van der Waals surface area contributed by atoms with E-state index >= 15 is 0 Å². The van der Waals surface area contributed by atoms with E-state index in [9.17, 15) is 0 Å². The molecule has 1 heteroatoms. The average Bonchev–Trinajstić information content (AvgIpc) is 1.62. The Morgan fingerprint density at radius 2 is 1.00 bits per heavy atom. The highest BCUT2D eigenvalue weighted by Crippen LogP contribution is 2.20. The Hall–Kier alpha value is 0.430. The minimum Gasteiger partial charge on any atom is -0.122 e. The lowest BCUT2D eigenvalue weighted by Gasteiger charge is -2.06. The first-order chi connectivity index (χ1) is 4.00. The second-order valence-electron chi connectivity index (χ2n) is 2.52. The van der Waals surface area contributed by atoms with Crippen molar-refractivity contribution in [1.29, 1.82) is 0 Å². The third kappa shape index (κ3) is 6.55. The molecule has 0 aromatic rings. The van der Waals surface area contributed by atoms with Crippen LogP contribution in [0.4, 0.5) is 0 Å². The number of hydrogen-bond acceptors (Lipinski definition) is 0. The van der Waals surface area contributed by atoms with Crippen molar-refractivity contribution < 1.29 is 0 Å². The quantitative estimate of drug-likeness (QED) is 0.474. The van der Waals surface area contributed by atoms with Gasteiger partial charge in [-0.05, 0) is 25.2 Å². The maximum atomic E-state index is 1.53. The molecule has 10 heavy (non-hydrogen) atoms. The third-order valence-corrected chi connectivity index (χ3v) is 3.12. The van der Waals surface area contributed by atoms with Gasteiger partial charge in [-0.1, -0.05) is 34.1 Å². The standard InChI is InChI=1S/C7H15P.2CH4/c1-2-4-6-8-7-5-3-1;;/h8H,1-7H2;2*1H4. The van der Waals surface area contributed by atoms with E-state index in [0.717, 1.165) is 0 Å². The Labute approximate surface area is 68.6 Å². The van der Waals surface area contributed by atoms with Crippen LogP contribution in [0.25, 0.3) is 0 Å². The van der Waals surface area contributed by atoms with Crippen LogP contribution in [0.5, 0.6) is 0 Å². The second-order valence-corrected chi connectivity index (χ2v) is 4.02. The molecule has 1 aliphatic rings. The highest BCUT2D eigenvalue weighted by atomic mass is 31.1. The van der Waals surface area contributed by atoms with E-state index in [4.69, 9.17) is 0 Å². The van der Waals surface area contributed by atoms with Gasteiger partial charge in [0.25, 0.3) is 0 Å². The van der Waals surface area contributed by atoms with E-state index in [-0.39, 0.29) is 14.9 Å². The molecular weight excluding hydrogens is 139 g/mol. The largest absolute Gasteiger partial charge is 0.122 e. The average molecular weight is 162 g/mol. The van der Waals surface area contributed by atoms with Crippen LogP contribution in [-0.4, -0.2) is 12.3 Å². The van der Waals surface area contributed by atoms with Crippen LogP contribution in [0.15, 0.2) is 0 Å². The summed E-state index contributed by atoms with van der Waals surface area (Å²) in [5.74, 6) is 0. The monoisotopic (exact) mass is 162 g/mol. The summed E-state index contributed by atoms with van der Waals surface area (Å²) in [4.78, 5) is 0. The van der Waals surface area contributed by atoms with Crippen LogP contribution in [0.2, 0.25) is 0 Å². The lowest BCUT2D eigenvalue weighted by Crippen LogP contribution is -1.88. The molecule has 0 aromatic heterocycles. The van der Waals surface area contributed by atoms with Crippen LogP contribution in [0, 0.1) is 0 Å². The molecule has 0 atom stereocenters. The van der Waals surface area contributed by atoms with Crippen LogP contribution >= 0.6 is 8.58 Å². The fourth-order valence-corrected chi connectivity index (χ4v) is 2.41. The van der Waals surface area contributed by atoms with Crippen molar-refractivity contribution in [1.82, 2.24) is 0 Å². The van der Waals surface area contributed by atoms with E-state index in [2.05, 4.69) is 0 Å². The summed E-state index contributed by atoms with van der Waals surface area (Å²) in [6.07, 6.45) is 10.6. The molecule has 0 radical (unpaired) electrons. The highest BCUT2D eigenvalue weighted by Gasteiger charge is 1.95. The molecule has 0 N–H and O–H groups in total. The van der Waals surface area contributed by atoms with Crippen molar-refractivity contribution >= 4 is 8.58 Å². The first-order valence-electron chi connectivity index (χ1n) is 3.71. The van der Waals surface area contributed by atoms with E-state index in [1.165, 1.54) is 53.0 Å². The van der Waals surface area contributed by atoms with Gasteiger partial charge in [-0.15, -0.1) is 8.58 Å². The zero-order valence-corrected chi connectivity index (χ0v) is 6.45. The molecule has 0 spiro atoms. The molecule has 0 unspecified atom stereocenters. The molecule has 0 saturated carbocycles. The predicted molar refractivity (Wildman–Crippen MR) is 54.6 cm³/mol.